The molecule has 0 fully saturated rings. The summed E-state index contributed by atoms with van der Waals surface area (Å²) in [7, 11) is 0. The van der Waals surface area contributed by atoms with Gasteiger partial charge in [-0.3, -0.25) is 4.79 Å². The van der Waals surface area contributed by atoms with Crippen LogP contribution in [0.5, 0.6) is 11.5 Å². The molecule has 1 atom stereocenters. The van der Waals surface area contributed by atoms with Gasteiger partial charge >= 0.3 is 0 Å². The van der Waals surface area contributed by atoms with E-state index < -0.39 is 0 Å². The molecule has 1 aromatic rings. The highest BCUT2D eigenvalue weighted by Gasteiger charge is 2.16. The number of carbonyl (C=O) groups is 1. The van der Waals surface area contributed by atoms with Gasteiger partial charge < -0.3 is 9.47 Å². The Bertz CT molecular complexity index is 398. The van der Waals surface area contributed by atoms with Gasteiger partial charge in [-0.1, -0.05) is 19.9 Å². The van der Waals surface area contributed by atoms with E-state index in [2.05, 4.69) is 13.8 Å². The van der Waals surface area contributed by atoms with Gasteiger partial charge in [-0.05, 0) is 30.0 Å². The number of hydrogen-bond acceptors (Lipinski definition) is 3. The number of fused-ring (bicyclic) bond motifs is 1. The third kappa shape index (κ3) is 2.18. The first-order valence-corrected chi connectivity index (χ1v) is 5.62. The summed E-state index contributed by atoms with van der Waals surface area (Å²) in [5.74, 6) is 1.82. The SMILES string of the molecule is CCC(C)c1ccc2c(c1)OCC(=O)CO2. The number of benzene rings is 1. The molecule has 0 amide bonds. The predicted molar refractivity (Wildman–Crippen MR) is 61.1 cm³/mol. The third-order valence-electron chi connectivity index (χ3n) is 2.93. The predicted octanol–water partition coefficient (Wildman–Crippen LogP) is 2.54. The van der Waals surface area contributed by atoms with Crippen molar-refractivity contribution in [3.8, 4) is 11.5 Å². The first kappa shape index (κ1) is 11.0. The number of carbonyl (C=O) groups excluding carboxylic acids is 1. The van der Waals surface area contributed by atoms with E-state index in [0.29, 0.717) is 17.4 Å². The summed E-state index contributed by atoms with van der Waals surface area (Å²) in [6.45, 7) is 4.54. The van der Waals surface area contributed by atoms with Gasteiger partial charge in [-0.25, -0.2) is 0 Å². The van der Waals surface area contributed by atoms with Gasteiger partial charge in [0.1, 0.15) is 0 Å². The van der Waals surface area contributed by atoms with E-state index in [-0.39, 0.29) is 19.0 Å². The van der Waals surface area contributed by atoms with Gasteiger partial charge in [0.05, 0.1) is 0 Å². The number of ketones is 1. The first-order valence-electron chi connectivity index (χ1n) is 5.62. The van der Waals surface area contributed by atoms with Gasteiger partial charge in [-0.2, -0.15) is 0 Å². The number of Topliss-reactive ketones (excluding diaryl/α,β-unsaturated/α-hetero) is 1. The molecule has 0 saturated carbocycles. The molecule has 1 aliphatic heterocycles. The highest BCUT2D eigenvalue weighted by Crippen LogP contribution is 2.33. The summed E-state index contributed by atoms with van der Waals surface area (Å²) in [5.41, 5.74) is 1.22. The van der Waals surface area contributed by atoms with Crippen LogP contribution in [-0.4, -0.2) is 19.0 Å². The van der Waals surface area contributed by atoms with Gasteiger partial charge in [0.2, 0.25) is 5.78 Å². The van der Waals surface area contributed by atoms with Crippen LogP contribution in [0.3, 0.4) is 0 Å². The summed E-state index contributed by atoms with van der Waals surface area (Å²) >= 11 is 0. The summed E-state index contributed by atoms with van der Waals surface area (Å²) in [4.78, 5) is 11.2. The molecule has 0 bridgehead atoms. The van der Waals surface area contributed by atoms with E-state index in [0.717, 1.165) is 6.42 Å². The lowest BCUT2D eigenvalue weighted by Crippen LogP contribution is -2.15. The largest absolute Gasteiger partial charge is 0.482 e. The lowest BCUT2D eigenvalue weighted by Gasteiger charge is -2.12. The highest BCUT2D eigenvalue weighted by molar-refractivity contribution is 5.82. The molecule has 0 N–H and O–H groups in total. The van der Waals surface area contributed by atoms with Crippen molar-refractivity contribution in [2.45, 2.75) is 26.2 Å². The van der Waals surface area contributed by atoms with Crippen molar-refractivity contribution in [3.05, 3.63) is 23.8 Å². The summed E-state index contributed by atoms with van der Waals surface area (Å²) in [6, 6.07) is 5.89. The molecule has 86 valence electrons. The van der Waals surface area contributed by atoms with E-state index in [1.54, 1.807) is 0 Å². The van der Waals surface area contributed by atoms with E-state index in [4.69, 9.17) is 9.47 Å². The Balaban J connectivity index is 2.28. The van der Waals surface area contributed by atoms with E-state index in [9.17, 15) is 4.79 Å². The molecule has 16 heavy (non-hydrogen) atoms. The van der Waals surface area contributed by atoms with Gasteiger partial charge in [0.15, 0.2) is 24.7 Å². The number of hydrogen-bond donors (Lipinski definition) is 0. The second kappa shape index (κ2) is 4.56. The van der Waals surface area contributed by atoms with E-state index >= 15 is 0 Å². The highest BCUT2D eigenvalue weighted by atomic mass is 16.5. The topological polar surface area (TPSA) is 35.5 Å². The fourth-order valence-electron chi connectivity index (χ4n) is 1.66. The Hall–Kier alpha value is -1.51. The lowest BCUT2D eigenvalue weighted by molar-refractivity contribution is -0.122. The van der Waals surface area contributed by atoms with Crippen LogP contribution in [0.25, 0.3) is 0 Å². The van der Waals surface area contributed by atoms with E-state index in [1.165, 1.54) is 5.56 Å². The van der Waals surface area contributed by atoms with Crippen LogP contribution in [0.1, 0.15) is 31.7 Å². The van der Waals surface area contributed by atoms with Gasteiger partial charge in [0.25, 0.3) is 0 Å². The normalized spacial score (nSPS) is 16.8. The van der Waals surface area contributed by atoms with Gasteiger partial charge in [0, 0.05) is 0 Å². The van der Waals surface area contributed by atoms with Crippen LogP contribution in [0.2, 0.25) is 0 Å². The quantitative estimate of drug-likeness (QED) is 0.768. The van der Waals surface area contributed by atoms with Crippen LogP contribution in [0.4, 0.5) is 0 Å². The average molecular weight is 220 g/mol. The Morgan fingerprint density at radius 1 is 1.25 bits per heavy atom. The molecule has 2 rings (SSSR count). The van der Waals surface area contributed by atoms with Crippen molar-refractivity contribution in [2.24, 2.45) is 0 Å². The summed E-state index contributed by atoms with van der Waals surface area (Å²) in [6.07, 6.45) is 1.08. The van der Waals surface area contributed by atoms with Crippen molar-refractivity contribution in [3.63, 3.8) is 0 Å². The monoisotopic (exact) mass is 220 g/mol. The maximum absolute atomic E-state index is 11.2. The molecule has 3 nitrogen and oxygen atoms in total. The second-order valence-corrected chi connectivity index (χ2v) is 4.13. The molecule has 3 heteroatoms. The molecule has 1 heterocycles. The Labute approximate surface area is 95.4 Å². The van der Waals surface area contributed by atoms with Gasteiger partial charge in [-0.15, -0.1) is 0 Å². The lowest BCUT2D eigenvalue weighted by atomic mass is 9.98. The number of rotatable bonds is 2. The fraction of sp³-hybridized carbons (Fsp3) is 0.462. The minimum Gasteiger partial charge on any atom is -0.482 e. The summed E-state index contributed by atoms with van der Waals surface area (Å²) in [5, 5.41) is 0. The first-order chi connectivity index (χ1) is 7.70. The maximum Gasteiger partial charge on any atom is 0.207 e. The van der Waals surface area contributed by atoms with Crippen molar-refractivity contribution >= 4 is 5.78 Å². The minimum atomic E-state index is -0.0266. The third-order valence-corrected chi connectivity index (χ3v) is 2.93. The fourth-order valence-corrected chi connectivity index (χ4v) is 1.66. The summed E-state index contributed by atoms with van der Waals surface area (Å²) < 4.78 is 10.8. The molecule has 0 radical (unpaired) electrons. The van der Waals surface area contributed by atoms with Crippen molar-refractivity contribution in [1.82, 2.24) is 0 Å². The molecular formula is C13H16O3. The van der Waals surface area contributed by atoms with Crippen LogP contribution in [0, 0.1) is 0 Å². The van der Waals surface area contributed by atoms with Crippen molar-refractivity contribution < 1.29 is 14.3 Å². The van der Waals surface area contributed by atoms with Crippen LogP contribution in [-0.2, 0) is 4.79 Å². The zero-order valence-electron chi connectivity index (χ0n) is 9.66. The zero-order valence-corrected chi connectivity index (χ0v) is 9.66. The molecule has 0 aromatic heterocycles. The average Bonchev–Trinajstić information content (AvgIpc) is 2.50. The zero-order chi connectivity index (χ0) is 11.5. The Kier molecular flexibility index (Phi) is 3.13. The van der Waals surface area contributed by atoms with Crippen molar-refractivity contribution in [2.75, 3.05) is 13.2 Å². The number of ether oxygens (including phenoxy) is 2. The maximum atomic E-state index is 11.2. The standard InChI is InChI=1S/C13H16O3/c1-3-9(2)10-4-5-12-13(6-10)16-8-11(14)7-15-12/h4-6,9H,3,7-8H2,1-2H3. The molecule has 1 unspecified atom stereocenters. The minimum absolute atomic E-state index is 0.0266. The van der Waals surface area contributed by atoms with Crippen molar-refractivity contribution in [1.29, 1.82) is 0 Å². The Morgan fingerprint density at radius 3 is 2.62 bits per heavy atom. The van der Waals surface area contributed by atoms with Crippen LogP contribution >= 0.6 is 0 Å². The molecule has 0 spiro atoms. The molecular weight excluding hydrogens is 204 g/mol. The molecule has 1 aliphatic rings. The smallest absolute Gasteiger partial charge is 0.207 e. The molecule has 0 aliphatic carbocycles. The van der Waals surface area contributed by atoms with Crippen LogP contribution in [0.15, 0.2) is 18.2 Å². The molecule has 0 saturated heterocycles. The molecule has 1 aromatic carbocycles. The van der Waals surface area contributed by atoms with E-state index in [1.807, 2.05) is 18.2 Å². The Morgan fingerprint density at radius 2 is 1.94 bits per heavy atom. The van der Waals surface area contributed by atoms with Crippen LogP contribution < -0.4 is 9.47 Å². The second-order valence-electron chi connectivity index (χ2n) is 4.13.